The second-order valence-electron chi connectivity index (χ2n) is 1.61. The third-order valence-electron chi connectivity index (χ3n) is 0.976. The minimum Gasteiger partial charge on any atom is -0.397 e. The van der Waals surface area contributed by atoms with Crippen LogP contribution in [0.3, 0.4) is 0 Å². The van der Waals surface area contributed by atoms with E-state index in [0.29, 0.717) is 4.34 Å². The Balaban J connectivity index is 3.19. The van der Waals surface area contributed by atoms with E-state index in [1.165, 1.54) is 11.3 Å². The Labute approximate surface area is 57.1 Å². The fourth-order valence-corrected chi connectivity index (χ4v) is 1.40. The summed E-state index contributed by atoms with van der Waals surface area (Å²) in [7, 11) is 0. The lowest BCUT2D eigenvalue weighted by Gasteiger charge is -1.85. The molecule has 0 spiro atoms. The first-order chi connectivity index (χ1) is 3.72. The average molecular weight is 148 g/mol. The van der Waals surface area contributed by atoms with Crippen molar-refractivity contribution in [3.63, 3.8) is 0 Å². The van der Waals surface area contributed by atoms with Gasteiger partial charge in [-0.2, -0.15) is 0 Å². The number of nitrogen functional groups attached to an aromatic ring is 1. The van der Waals surface area contributed by atoms with E-state index >= 15 is 0 Å². The molecule has 0 unspecified atom stereocenters. The quantitative estimate of drug-likeness (QED) is 0.599. The lowest BCUT2D eigenvalue weighted by atomic mass is 10.3. The average Bonchev–Trinajstić information content (AvgIpc) is 1.98. The number of nitrogens with two attached hydrogens (primary N) is 1. The van der Waals surface area contributed by atoms with Gasteiger partial charge in [-0.25, -0.2) is 0 Å². The molecule has 44 valence electrons. The molecule has 1 nitrogen and oxygen atoms in total. The summed E-state index contributed by atoms with van der Waals surface area (Å²) in [6.45, 7) is 1.94. The van der Waals surface area contributed by atoms with E-state index in [0.717, 1.165) is 11.3 Å². The number of rotatable bonds is 0. The summed E-state index contributed by atoms with van der Waals surface area (Å²) in [5, 5.41) is 1.94. The molecule has 0 aromatic carbocycles. The van der Waals surface area contributed by atoms with Gasteiger partial charge in [0.1, 0.15) is 4.34 Å². The number of hydrogen-bond donors (Lipinski definition) is 1. The van der Waals surface area contributed by atoms with Gasteiger partial charge in [-0.05, 0) is 17.9 Å². The van der Waals surface area contributed by atoms with Crippen molar-refractivity contribution >= 4 is 28.6 Å². The fourth-order valence-electron chi connectivity index (χ4n) is 0.422. The molecule has 3 heteroatoms. The van der Waals surface area contributed by atoms with Crippen LogP contribution in [0.2, 0.25) is 4.34 Å². The van der Waals surface area contributed by atoms with E-state index < -0.39 is 0 Å². The number of aryl methyl sites for hydroxylation is 1. The van der Waals surface area contributed by atoms with Crippen molar-refractivity contribution in [3.8, 4) is 0 Å². The van der Waals surface area contributed by atoms with Crippen LogP contribution in [0.5, 0.6) is 0 Å². The molecule has 0 atom stereocenters. The lowest BCUT2D eigenvalue weighted by molar-refractivity contribution is 1.55. The summed E-state index contributed by atoms with van der Waals surface area (Å²) in [5.74, 6) is 0. The van der Waals surface area contributed by atoms with E-state index in [-0.39, 0.29) is 0 Å². The molecule has 0 aliphatic heterocycles. The maximum absolute atomic E-state index is 5.62. The molecule has 1 aromatic rings. The smallest absolute Gasteiger partial charge is 0.116 e. The molecule has 0 saturated carbocycles. The largest absolute Gasteiger partial charge is 0.397 e. The van der Waals surface area contributed by atoms with Crippen LogP contribution >= 0.6 is 22.9 Å². The highest BCUT2D eigenvalue weighted by molar-refractivity contribution is 7.15. The molecule has 0 aliphatic carbocycles. The summed E-state index contributed by atoms with van der Waals surface area (Å²) in [6.07, 6.45) is 0. The summed E-state index contributed by atoms with van der Waals surface area (Å²) in [5.41, 5.74) is 7.27. The van der Waals surface area contributed by atoms with Gasteiger partial charge in [0, 0.05) is 0 Å². The van der Waals surface area contributed by atoms with E-state index in [1.807, 2.05) is 12.3 Å². The molecule has 0 aliphatic rings. The van der Waals surface area contributed by atoms with Gasteiger partial charge in [0.25, 0.3) is 0 Å². The number of hydrogen-bond acceptors (Lipinski definition) is 2. The molecular formula is C5H6ClNS. The third-order valence-corrected chi connectivity index (χ3v) is 2.34. The molecule has 1 aromatic heterocycles. The topological polar surface area (TPSA) is 26.0 Å². The normalized spacial score (nSPS) is 9.75. The molecule has 1 heterocycles. The van der Waals surface area contributed by atoms with Crippen molar-refractivity contribution < 1.29 is 0 Å². The van der Waals surface area contributed by atoms with Gasteiger partial charge in [0.05, 0.1) is 5.69 Å². The van der Waals surface area contributed by atoms with Gasteiger partial charge >= 0.3 is 0 Å². The van der Waals surface area contributed by atoms with Gasteiger partial charge in [0.15, 0.2) is 0 Å². The second kappa shape index (κ2) is 1.96. The number of halogens is 1. The van der Waals surface area contributed by atoms with Crippen LogP contribution in [-0.4, -0.2) is 0 Å². The van der Waals surface area contributed by atoms with E-state index in [4.69, 9.17) is 17.3 Å². The Hall–Kier alpha value is -0.210. The minimum atomic E-state index is 0.697. The van der Waals surface area contributed by atoms with Crippen molar-refractivity contribution in [2.75, 3.05) is 5.73 Å². The maximum atomic E-state index is 5.62. The van der Waals surface area contributed by atoms with Gasteiger partial charge in [0.2, 0.25) is 0 Å². The van der Waals surface area contributed by atoms with E-state index in [9.17, 15) is 0 Å². The van der Waals surface area contributed by atoms with Crippen molar-refractivity contribution in [1.82, 2.24) is 0 Å². The summed E-state index contributed by atoms with van der Waals surface area (Å²) >= 11 is 7.09. The van der Waals surface area contributed by atoms with Crippen molar-refractivity contribution in [3.05, 3.63) is 15.3 Å². The van der Waals surface area contributed by atoms with Crippen LogP contribution in [0.1, 0.15) is 5.56 Å². The Kier molecular flexibility index (Phi) is 1.45. The van der Waals surface area contributed by atoms with Crippen LogP contribution in [-0.2, 0) is 0 Å². The predicted molar refractivity (Wildman–Crippen MR) is 38.5 cm³/mol. The second-order valence-corrected chi connectivity index (χ2v) is 3.09. The van der Waals surface area contributed by atoms with Crippen molar-refractivity contribution in [1.29, 1.82) is 0 Å². The zero-order chi connectivity index (χ0) is 6.15. The highest BCUT2D eigenvalue weighted by Gasteiger charge is 1.98. The van der Waals surface area contributed by atoms with Crippen molar-refractivity contribution in [2.24, 2.45) is 0 Å². The Morgan fingerprint density at radius 3 is 2.50 bits per heavy atom. The highest BCUT2D eigenvalue weighted by Crippen LogP contribution is 2.28. The Morgan fingerprint density at radius 2 is 2.38 bits per heavy atom. The van der Waals surface area contributed by atoms with Gasteiger partial charge in [-0.3, -0.25) is 0 Å². The number of anilines is 1. The van der Waals surface area contributed by atoms with Crippen LogP contribution in [0.25, 0.3) is 0 Å². The predicted octanol–water partition coefficient (Wildman–Crippen LogP) is 2.29. The fraction of sp³-hybridized carbons (Fsp3) is 0.200. The monoisotopic (exact) mass is 147 g/mol. The first-order valence-electron chi connectivity index (χ1n) is 2.21. The standard InChI is InChI=1S/C5H6ClNS/c1-3-2-8-5(6)4(3)7/h2H,7H2,1H3. The molecule has 2 N–H and O–H groups in total. The van der Waals surface area contributed by atoms with Crippen LogP contribution in [0.15, 0.2) is 5.38 Å². The summed E-state index contributed by atoms with van der Waals surface area (Å²) in [6, 6.07) is 0. The molecule has 8 heavy (non-hydrogen) atoms. The molecule has 0 bridgehead atoms. The Bertz CT molecular complexity index is 175. The van der Waals surface area contributed by atoms with Crippen molar-refractivity contribution in [2.45, 2.75) is 6.92 Å². The summed E-state index contributed by atoms with van der Waals surface area (Å²) in [4.78, 5) is 0. The highest BCUT2D eigenvalue weighted by atomic mass is 35.5. The van der Waals surface area contributed by atoms with E-state index in [2.05, 4.69) is 0 Å². The molecule has 0 amide bonds. The lowest BCUT2D eigenvalue weighted by Crippen LogP contribution is -1.82. The van der Waals surface area contributed by atoms with Crippen LogP contribution < -0.4 is 5.73 Å². The summed E-state index contributed by atoms with van der Waals surface area (Å²) < 4.78 is 0.697. The molecule has 1 rings (SSSR count). The first-order valence-corrected chi connectivity index (χ1v) is 3.46. The van der Waals surface area contributed by atoms with Crippen LogP contribution in [0.4, 0.5) is 5.69 Å². The van der Waals surface area contributed by atoms with Crippen LogP contribution in [0, 0.1) is 6.92 Å². The molecule has 0 fully saturated rings. The Morgan fingerprint density at radius 1 is 1.75 bits per heavy atom. The zero-order valence-corrected chi connectivity index (χ0v) is 6.01. The SMILES string of the molecule is Cc1csc(Cl)c1N. The number of thiophene rings is 1. The minimum absolute atomic E-state index is 0.697. The maximum Gasteiger partial charge on any atom is 0.116 e. The molecule has 0 saturated heterocycles. The zero-order valence-electron chi connectivity index (χ0n) is 4.44. The molecule has 0 radical (unpaired) electrons. The van der Waals surface area contributed by atoms with E-state index in [1.54, 1.807) is 0 Å². The van der Waals surface area contributed by atoms with Gasteiger partial charge in [-0.15, -0.1) is 11.3 Å². The van der Waals surface area contributed by atoms with Gasteiger partial charge < -0.3 is 5.73 Å². The molecular weight excluding hydrogens is 142 g/mol. The third kappa shape index (κ3) is 0.812. The first kappa shape index (κ1) is 5.92. The van der Waals surface area contributed by atoms with Gasteiger partial charge in [-0.1, -0.05) is 11.6 Å².